The molecule has 0 saturated carbocycles. The Kier molecular flexibility index (Phi) is 5.13. The van der Waals surface area contributed by atoms with Crippen LogP contribution in [0.1, 0.15) is 28.4 Å². The van der Waals surface area contributed by atoms with E-state index in [1.54, 1.807) is 30.3 Å². The zero-order valence-corrected chi connectivity index (χ0v) is 13.2. The molecule has 0 radical (unpaired) electrons. The van der Waals surface area contributed by atoms with E-state index in [9.17, 15) is 4.79 Å². The van der Waals surface area contributed by atoms with Crippen LogP contribution in [0, 0.1) is 11.3 Å². The molecule has 0 bridgehead atoms. The molecule has 0 N–H and O–H groups in total. The summed E-state index contributed by atoms with van der Waals surface area (Å²) < 4.78 is 6.26. The number of ether oxygens (including phenoxy) is 1. The zero-order valence-electron chi connectivity index (χ0n) is 11.6. The predicted octanol–water partition coefficient (Wildman–Crippen LogP) is 4.14. The third-order valence-electron chi connectivity index (χ3n) is 3.10. The van der Waals surface area contributed by atoms with Gasteiger partial charge in [-0.05, 0) is 30.2 Å². The number of halogens is 1. The van der Waals surface area contributed by atoms with Crippen LogP contribution in [0.5, 0.6) is 5.75 Å². The lowest BCUT2D eigenvalue weighted by molar-refractivity contribution is 0.0921. The second-order valence-corrected chi connectivity index (χ2v) is 5.43. The number of carbonyl (C=O) groups excluding carboxylic acids is 1. The molecule has 0 aliphatic rings. The number of hydrogen-bond donors (Lipinski definition) is 0. The molecule has 21 heavy (non-hydrogen) atoms. The van der Waals surface area contributed by atoms with Crippen molar-refractivity contribution in [3.63, 3.8) is 0 Å². The van der Waals surface area contributed by atoms with Crippen molar-refractivity contribution in [3.8, 4) is 11.8 Å². The van der Waals surface area contributed by atoms with E-state index in [1.165, 1.54) is 5.56 Å². The summed E-state index contributed by atoms with van der Waals surface area (Å²) in [6.45, 7) is 1.98. The summed E-state index contributed by atoms with van der Waals surface area (Å²) in [6, 6.07) is 14.6. The van der Waals surface area contributed by atoms with Gasteiger partial charge in [0.1, 0.15) is 11.8 Å². The van der Waals surface area contributed by atoms with Crippen LogP contribution in [0.3, 0.4) is 0 Å². The summed E-state index contributed by atoms with van der Waals surface area (Å²) in [5.74, 6) is 0.309. The maximum absolute atomic E-state index is 12.1. The number of rotatable bonds is 5. The molecule has 2 aromatic rings. The summed E-state index contributed by atoms with van der Waals surface area (Å²) >= 11 is 3.29. The lowest BCUT2D eigenvalue weighted by Gasteiger charge is -2.08. The summed E-state index contributed by atoms with van der Waals surface area (Å²) in [5.41, 5.74) is 2.20. The standard InChI is InChI=1S/C17H14BrNO2/c1-2-12-3-5-13(6-4-12)16(20)11-21-17-8-7-15(18)9-14(17)10-19/h3-9H,2,11H2,1H3. The number of aryl methyl sites for hydroxylation is 1. The SMILES string of the molecule is CCc1ccc(C(=O)COc2ccc(Br)cc2C#N)cc1. The Morgan fingerprint density at radius 2 is 1.95 bits per heavy atom. The van der Waals surface area contributed by atoms with Crippen molar-refractivity contribution in [2.24, 2.45) is 0 Å². The fraction of sp³-hybridized carbons (Fsp3) is 0.176. The van der Waals surface area contributed by atoms with E-state index < -0.39 is 0 Å². The first-order valence-corrected chi connectivity index (χ1v) is 7.38. The second kappa shape index (κ2) is 7.05. The van der Waals surface area contributed by atoms with Gasteiger partial charge in [-0.3, -0.25) is 4.79 Å². The van der Waals surface area contributed by atoms with E-state index in [4.69, 9.17) is 10.00 Å². The molecule has 4 heteroatoms. The van der Waals surface area contributed by atoms with Crippen molar-refractivity contribution in [2.45, 2.75) is 13.3 Å². The first-order chi connectivity index (χ1) is 10.1. The van der Waals surface area contributed by atoms with Gasteiger partial charge < -0.3 is 4.74 Å². The molecule has 0 atom stereocenters. The number of nitrogens with zero attached hydrogens (tertiary/aromatic N) is 1. The van der Waals surface area contributed by atoms with Crippen LogP contribution >= 0.6 is 15.9 Å². The van der Waals surface area contributed by atoms with Gasteiger partial charge in [-0.1, -0.05) is 47.1 Å². The molecule has 2 rings (SSSR count). The van der Waals surface area contributed by atoms with Gasteiger partial charge >= 0.3 is 0 Å². The number of nitriles is 1. The maximum atomic E-state index is 12.1. The van der Waals surface area contributed by atoms with E-state index in [1.807, 2.05) is 18.2 Å². The number of ketones is 1. The quantitative estimate of drug-likeness (QED) is 0.766. The van der Waals surface area contributed by atoms with Crippen LogP contribution in [0.15, 0.2) is 46.9 Å². The summed E-state index contributed by atoms with van der Waals surface area (Å²) in [7, 11) is 0. The lowest BCUT2D eigenvalue weighted by Crippen LogP contribution is -2.12. The van der Waals surface area contributed by atoms with E-state index in [0.29, 0.717) is 16.9 Å². The average molecular weight is 344 g/mol. The molecule has 0 fully saturated rings. The molecule has 2 aromatic carbocycles. The highest BCUT2D eigenvalue weighted by Crippen LogP contribution is 2.22. The van der Waals surface area contributed by atoms with Gasteiger partial charge in [-0.25, -0.2) is 0 Å². The largest absolute Gasteiger partial charge is 0.484 e. The van der Waals surface area contributed by atoms with Gasteiger partial charge in [0.25, 0.3) is 0 Å². The highest BCUT2D eigenvalue weighted by atomic mass is 79.9. The van der Waals surface area contributed by atoms with Crippen LogP contribution in [0.4, 0.5) is 0 Å². The van der Waals surface area contributed by atoms with E-state index in [0.717, 1.165) is 10.9 Å². The van der Waals surface area contributed by atoms with Crippen molar-refractivity contribution >= 4 is 21.7 Å². The number of Topliss-reactive ketones (excluding diaryl/α,β-unsaturated/α-hetero) is 1. The van der Waals surface area contributed by atoms with Crippen molar-refractivity contribution in [2.75, 3.05) is 6.61 Å². The normalized spacial score (nSPS) is 9.95. The Morgan fingerprint density at radius 3 is 2.57 bits per heavy atom. The van der Waals surface area contributed by atoms with Gasteiger partial charge in [0.05, 0.1) is 5.56 Å². The Morgan fingerprint density at radius 1 is 1.24 bits per heavy atom. The second-order valence-electron chi connectivity index (χ2n) is 4.51. The Balaban J connectivity index is 2.05. The number of hydrogen-bond acceptors (Lipinski definition) is 3. The van der Waals surface area contributed by atoms with E-state index >= 15 is 0 Å². The summed E-state index contributed by atoms with van der Waals surface area (Å²) in [4.78, 5) is 12.1. The molecule has 0 aliphatic carbocycles. The third-order valence-corrected chi connectivity index (χ3v) is 3.60. The zero-order chi connectivity index (χ0) is 15.2. The minimum atomic E-state index is -0.107. The fourth-order valence-electron chi connectivity index (χ4n) is 1.87. The average Bonchev–Trinajstić information content (AvgIpc) is 2.53. The maximum Gasteiger partial charge on any atom is 0.200 e. The summed E-state index contributed by atoms with van der Waals surface area (Å²) in [6.07, 6.45) is 0.940. The van der Waals surface area contributed by atoms with Crippen molar-refractivity contribution in [3.05, 3.63) is 63.6 Å². The third kappa shape index (κ3) is 3.93. The highest BCUT2D eigenvalue weighted by molar-refractivity contribution is 9.10. The molecule has 0 heterocycles. The molecule has 0 amide bonds. The van der Waals surface area contributed by atoms with Crippen LogP contribution in [0.2, 0.25) is 0 Å². The van der Waals surface area contributed by atoms with Gasteiger partial charge in [0.2, 0.25) is 0 Å². The fourth-order valence-corrected chi connectivity index (χ4v) is 2.23. The van der Waals surface area contributed by atoms with Crippen molar-refractivity contribution in [1.29, 1.82) is 5.26 Å². The molecule has 0 unspecified atom stereocenters. The van der Waals surface area contributed by atoms with Crippen LogP contribution in [0.25, 0.3) is 0 Å². The van der Waals surface area contributed by atoms with E-state index in [2.05, 4.69) is 22.9 Å². The molecular formula is C17H14BrNO2. The minimum Gasteiger partial charge on any atom is -0.484 e. The number of benzene rings is 2. The monoisotopic (exact) mass is 343 g/mol. The first-order valence-electron chi connectivity index (χ1n) is 6.58. The topological polar surface area (TPSA) is 50.1 Å². The predicted molar refractivity (Wildman–Crippen MR) is 84.5 cm³/mol. The molecule has 0 aliphatic heterocycles. The Hall–Kier alpha value is -2.12. The molecule has 0 spiro atoms. The molecular weight excluding hydrogens is 330 g/mol. The minimum absolute atomic E-state index is 0.0816. The Bertz CT molecular complexity index is 687. The van der Waals surface area contributed by atoms with Crippen molar-refractivity contribution in [1.82, 2.24) is 0 Å². The van der Waals surface area contributed by atoms with Crippen molar-refractivity contribution < 1.29 is 9.53 Å². The lowest BCUT2D eigenvalue weighted by atomic mass is 10.1. The molecule has 0 aromatic heterocycles. The Labute approximate surface area is 132 Å². The van der Waals surface area contributed by atoms with Gasteiger partial charge in [0.15, 0.2) is 12.4 Å². The summed E-state index contributed by atoms with van der Waals surface area (Å²) in [5, 5.41) is 9.05. The highest BCUT2D eigenvalue weighted by Gasteiger charge is 2.09. The van der Waals surface area contributed by atoms with Gasteiger partial charge in [-0.15, -0.1) is 0 Å². The first kappa shape index (κ1) is 15.3. The molecule has 3 nitrogen and oxygen atoms in total. The van der Waals surface area contributed by atoms with Gasteiger partial charge in [0, 0.05) is 10.0 Å². The van der Waals surface area contributed by atoms with Crippen LogP contribution < -0.4 is 4.74 Å². The van der Waals surface area contributed by atoms with Crippen LogP contribution in [-0.4, -0.2) is 12.4 Å². The van der Waals surface area contributed by atoms with Gasteiger partial charge in [-0.2, -0.15) is 5.26 Å². The van der Waals surface area contributed by atoms with E-state index in [-0.39, 0.29) is 12.4 Å². The number of carbonyl (C=O) groups is 1. The molecule has 0 saturated heterocycles. The molecule has 106 valence electrons. The van der Waals surface area contributed by atoms with Crippen LogP contribution in [-0.2, 0) is 6.42 Å². The smallest absolute Gasteiger partial charge is 0.200 e.